The maximum atomic E-state index is 12.7. The fraction of sp³-hybridized carbons (Fsp3) is 0.105. The van der Waals surface area contributed by atoms with E-state index in [4.69, 9.17) is 16.3 Å². The normalized spacial score (nSPS) is 11.1. The van der Waals surface area contributed by atoms with Gasteiger partial charge in [0.15, 0.2) is 5.03 Å². The number of rotatable bonds is 6. The number of halogens is 1. The van der Waals surface area contributed by atoms with E-state index >= 15 is 0 Å². The van der Waals surface area contributed by atoms with Crippen LogP contribution in [0.3, 0.4) is 0 Å². The average Bonchev–Trinajstić information content (AvgIpc) is 2.70. The SMILES string of the molecule is COc1ccc(NC(=O)Cn2nc(S(=O)(=O)c3ccc(Cl)cc3)ccc2=O)cc1. The first kappa shape index (κ1) is 20.6. The van der Waals surface area contributed by atoms with Gasteiger partial charge in [0.2, 0.25) is 15.7 Å². The first-order chi connectivity index (χ1) is 13.8. The second kappa shape index (κ2) is 8.46. The monoisotopic (exact) mass is 433 g/mol. The van der Waals surface area contributed by atoms with Gasteiger partial charge in [0.1, 0.15) is 12.3 Å². The van der Waals surface area contributed by atoms with Gasteiger partial charge < -0.3 is 10.1 Å². The Morgan fingerprint density at radius 3 is 2.34 bits per heavy atom. The molecule has 3 rings (SSSR count). The van der Waals surface area contributed by atoms with Crippen molar-refractivity contribution in [3.8, 4) is 5.75 Å². The van der Waals surface area contributed by atoms with Crippen LogP contribution in [0.5, 0.6) is 5.75 Å². The molecule has 0 fully saturated rings. The molecule has 0 saturated heterocycles. The van der Waals surface area contributed by atoms with Crippen molar-refractivity contribution >= 4 is 33.0 Å². The van der Waals surface area contributed by atoms with E-state index in [1.54, 1.807) is 24.3 Å². The zero-order valence-corrected chi connectivity index (χ0v) is 16.8. The summed E-state index contributed by atoms with van der Waals surface area (Å²) in [6, 6.07) is 14.3. The Bertz CT molecular complexity index is 1190. The van der Waals surface area contributed by atoms with Crippen molar-refractivity contribution in [1.82, 2.24) is 9.78 Å². The first-order valence-electron chi connectivity index (χ1n) is 8.32. The van der Waals surface area contributed by atoms with Crippen molar-refractivity contribution < 1.29 is 17.9 Å². The summed E-state index contributed by atoms with van der Waals surface area (Å²) in [6.45, 7) is -0.450. The molecule has 0 aliphatic rings. The molecule has 0 bridgehead atoms. The van der Waals surface area contributed by atoms with Crippen LogP contribution < -0.4 is 15.6 Å². The maximum absolute atomic E-state index is 12.7. The van der Waals surface area contributed by atoms with Gasteiger partial charge in [-0.1, -0.05) is 11.6 Å². The number of carbonyl (C=O) groups is 1. The van der Waals surface area contributed by atoms with Crippen molar-refractivity contribution in [2.75, 3.05) is 12.4 Å². The van der Waals surface area contributed by atoms with E-state index in [0.29, 0.717) is 16.5 Å². The number of hydrogen-bond acceptors (Lipinski definition) is 6. The standard InChI is InChI=1S/C19H16ClN3O5S/c1-28-15-6-4-14(5-7-15)21-17(24)12-23-19(25)11-10-18(22-23)29(26,27)16-8-2-13(20)3-9-16/h2-11H,12H2,1H3,(H,21,24). The molecule has 0 atom stereocenters. The van der Waals surface area contributed by atoms with Gasteiger partial charge in [0.25, 0.3) is 5.56 Å². The van der Waals surface area contributed by atoms with Crippen molar-refractivity contribution in [1.29, 1.82) is 0 Å². The number of hydrogen-bond donors (Lipinski definition) is 1. The van der Waals surface area contributed by atoms with Crippen LogP contribution in [-0.2, 0) is 21.2 Å². The average molecular weight is 434 g/mol. The van der Waals surface area contributed by atoms with E-state index in [0.717, 1.165) is 16.8 Å². The molecular weight excluding hydrogens is 418 g/mol. The molecule has 3 aromatic rings. The fourth-order valence-corrected chi connectivity index (χ4v) is 3.75. The number of anilines is 1. The number of sulfone groups is 1. The minimum Gasteiger partial charge on any atom is -0.497 e. The number of nitrogens with zero attached hydrogens (tertiary/aromatic N) is 2. The van der Waals surface area contributed by atoms with Gasteiger partial charge in [0, 0.05) is 16.8 Å². The highest BCUT2D eigenvalue weighted by molar-refractivity contribution is 7.91. The highest BCUT2D eigenvalue weighted by atomic mass is 35.5. The van der Waals surface area contributed by atoms with E-state index < -0.39 is 27.8 Å². The van der Waals surface area contributed by atoms with Gasteiger partial charge in [-0.05, 0) is 54.6 Å². The zero-order valence-electron chi connectivity index (χ0n) is 15.2. The number of carbonyl (C=O) groups excluding carboxylic acids is 1. The third-order valence-electron chi connectivity index (χ3n) is 3.91. The third kappa shape index (κ3) is 4.82. The Labute approximate surface area is 171 Å². The molecule has 0 aliphatic carbocycles. The third-order valence-corrected chi connectivity index (χ3v) is 5.82. The zero-order chi connectivity index (χ0) is 21.0. The van der Waals surface area contributed by atoms with Gasteiger partial charge in [-0.3, -0.25) is 9.59 Å². The molecule has 0 saturated carbocycles. The molecule has 10 heteroatoms. The molecule has 0 aliphatic heterocycles. The summed E-state index contributed by atoms with van der Waals surface area (Å²) >= 11 is 5.79. The minimum absolute atomic E-state index is 0.0257. The summed E-state index contributed by atoms with van der Waals surface area (Å²) in [5.41, 5.74) is -0.112. The Morgan fingerprint density at radius 1 is 1.07 bits per heavy atom. The summed E-state index contributed by atoms with van der Waals surface area (Å²) in [7, 11) is -2.45. The molecule has 1 N–H and O–H groups in total. The lowest BCUT2D eigenvalue weighted by atomic mass is 10.3. The van der Waals surface area contributed by atoms with E-state index in [-0.39, 0.29) is 9.92 Å². The molecule has 1 heterocycles. The second-order valence-electron chi connectivity index (χ2n) is 5.90. The van der Waals surface area contributed by atoms with Gasteiger partial charge in [-0.2, -0.15) is 5.10 Å². The highest BCUT2D eigenvalue weighted by Gasteiger charge is 2.21. The van der Waals surface area contributed by atoms with Crippen LogP contribution in [-0.4, -0.2) is 31.2 Å². The lowest BCUT2D eigenvalue weighted by molar-refractivity contribution is -0.117. The molecule has 150 valence electrons. The van der Waals surface area contributed by atoms with Crippen LogP contribution in [0.25, 0.3) is 0 Å². The number of aromatic nitrogens is 2. The van der Waals surface area contributed by atoms with Crippen LogP contribution in [0.15, 0.2) is 75.4 Å². The first-order valence-corrected chi connectivity index (χ1v) is 10.2. The Kier molecular flexibility index (Phi) is 6.00. The molecule has 1 aromatic heterocycles. The molecule has 29 heavy (non-hydrogen) atoms. The molecule has 0 radical (unpaired) electrons. The summed E-state index contributed by atoms with van der Waals surface area (Å²) in [6.07, 6.45) is 0. The quantitative estimate of drug-likeness (QED) is 0.639. The molecule has 0 spiro atoms. The maximum Gasteiger partial charge on any atom is 0.267 e. The summed E-state index contributed by atoms with van der Waals surface area (Å²) in [5.74, 6) is 0.0896. The molecular formula is C19H16ClN3O5S. The fourth-order valence-electron chi connectivity index (χ4n) is 2.43. The Morgan fingerprint density at radius 2 is 1.72 bits per heavy atom. The smallest absolute Gasteiger partial charge is 0.267 e. The molecule has 2 aromatic carbocycles. The Balaban J connectivity index is 1.82. The lowest BCUT2D eigenvalue weighted by Gasteiger charge is -2.09. The van der Waals surface area contributed by atoms with Crippen LogP contribution in [0.4, 0.5) is 5.69 Å². The predicted octanol–water partition coefficient (Wildman–Crippen LogP) is 2.38. The van der Waals surface area contributed by atoms with Crippen molar-refractivity contribution in [2.24, 2.45) is 0 Å². The van der Waals surface area contributed by atoms with Gasteiger partial charge in [-0.15, -0.1) is 0 Å². The van der Waals surface area contributed by atoms with Crippen molar-refractivity contribution in [2.45, 2.75) is 16.5 Å². The summed E-state index contributed by atoms with van der Waals surface area (Å²) in [5, 5.41) is 6.50. The second-order valence-corrected chi connectivity index (χ2v) is 8.23. The number of amides is 1. The minimum atomic E-state index is -3.97. The van der Waals surface area contributed by atoms with Crippen LogP contribution in [0, 0.1) is 0 Å². The number of methoxy groups -OCH3 is 1. The van der Waals surface area contributed by atoms with Crippen LogP contribution in [0.2, 0.25) is 5.02 Å². The van der Waals surface area contributed by atoms with E-state index in [9.17, 15) is 18.0 Å². The predicted molar refractivity (Wildman–Crippen MR) is 107 cm³/mol. The number of benzene rings is 2. The van der Waals surface area contributed by atoms with Crippen molar-refractivity contribution in [3.05, 3.63) is 76.0 Å². The van der Waals surface area contributed by atoms with E-state index in [1.807, 2.05) is 0 Å². The topological polar surface area (TPSA) is 107 Å². The Hall–Kier alpha value is -3.17. The molecule has 0 unspecified atom stereocenters. The van der Waals surface area contributed by atoms with Gasteiger partial charge in [0.05, 0.1) is 12.0 Å². The largest absolute Gasteiger partial charge is 0.497 e. The summed E-state index contributed by atoms with van der Waals surface area (Å²) in [4.78, 5) is 24.3. The van der Waals surface area contributed by atoms with Crippen molar-refractivity contribution in [3.63, 3.8) is 0 Å². The number of nitrogens with one attached hydrogen (secondary N) is 1. The number of ether oxygens (including phenoxy) is 1. The van der Waals surface area contributed by atoms with Gasteiger partial charge in [-0.25, -0.2) is 13.1 Å². The van der Waals surface area contributed by atoms with Gasteiger partial charge >= 0.3 is 0 Å². The molecule has 1 amide bonds. The van der Waals surface area contributed by atoms with Crippen LogP contribution in [0.1, 0.15) is 0 Å². The highest BCUT2D eigenvalue weighted by Crippen LogP contribution is 2.20. The van der Waals surface area contributed by atoms with E-state index in [2.05, 4.69) is 10.4 Å². The summed E-state index contributed by atoms with van der Waals surface area (Å²) < 4.78 is 31.3. The lowest BCUT2D eigenvalue weighted by Crippen LogP contribution is -2.30. The van der Waals surface area contributed by atoms with E-state index in [1.165, 1.54) is 31.4 Å². The van der Waals surface area contributed by atoms with Crippen LogP contribution >= 0.6 is 11.6 Å². The molecule has 8 nitrogen and oxygen atoms in total.